The standard InChI is InChI=1S/C17H15ClN8O3/c18-14-9-12(26(28)29)1-2-13(14)17(27)24-7-5-23(6-8-24)15-3-4-16(22-21-15)25-11-19-10-20-25/h1-4,9-11H,5-8H2. The van der Waals surface area contributed by atoms with Gasteiger partial charge in [0.25, 0.3) is 11.6 Å². The Labute approximate surface area is 169 Å². The van der Waals surface area contributed by atoms with Crippen LogP contribution in [0.4, 0.5) is 11.5 Å². The zero-order valence-electron chi connectivity index (χ0n) is 15.1. The lowest BCUT2D eigenvalue weighted by atomic mass is 10.1. The molecule has 2 aromatic heterocycles. The molecule has 3 aromatic rings. The topological polar surface area (TPSA) is 123 Å². The number of hydrogen-bond acceptors (Lipinski definition) is 8. The number of hydrogen-bond donors (Lipinski definition) is 0. The average Bonchev–Trinajstić information content (AvgIpc) is 3.28. The number of amides is 1. The Morgan fingerprint density at radius 1 is 1.07 bits per heavy atom. The number of nitrogens with zero attached hydrogens (tertiary/aromatic N) is 8. The molecule has 1 fully saturated rings. The number of halogens is 1. The second-order valence-corrected chi connectivity index (χ2v) is 6.70. The highest BCUT2D eigenvalue weighted by Crippen LogP contribution is 2.24. The van der Waals surface area contributed by atoms with E-state index in [2.05, 4.69) is 20.3 Å². The fourth-order valence-electron chi connectivity index (χ4n) is 3.04. The normalized spacial score (nSPS) is 14.1. The van der Waals surface area contributed by atoms with Crippen molar-refractivity contribution in [2.75, 3.05) is 31.1 Å². The Hall–Kier alpha value is -3.60. The summed E-state index contributed by atoms with van der Waals surface area (Å²) in [6.07, 6.45) is 2.96. The minimum Gasteiger partial charge on any atom is -0.352 e. The number of piperazine rings is 1. The van der Waals surface area contributed by atoms with Crippen molar-refractivity contribution in [3.8, 4) is 5.82 Å². The van der Waals surface area contributed by atoms with Gasteiger partial charge in [-0.2, -0.15) is 5.10 Å². The first-order valence-corrected chi connectivity index (χ1v) is 9.07. The molecule has 0 bridgehead atoms. The summed E-state index contributed by atoms with van der Waals surface area (Å²) in [6.45, 7) is 2.10. The van der Waals surface area contributed by atoms with Crippen LogP contribution in [0.2, 0.25) is 5.02 Å². The van der Waals surface area contributed by atoms with Crippen LogP contribution in [-0.4, -0.2) is 66.9 Å². The van der Waals surface area contributed by atoms with Crippen LogP contribution < -0.4 is 4.90 Å². The van der Waals surface area contributed by atoms with Crippen LogP contribution in [0.5, 0.6) is 0 Å². The van der Waals surface area contributed by atoms with Crippen LogP contribution in [-0.2, 0) is 0 Å². The Kier molecular flexibility index (Phi) is 5.04. The molecule has 1 aromatic carbocycles. The number of rotatable bonds is 4. The number of anilines is 1. The molecule has 4 rings (SSSR count). The average molecular weight is 415 g/mol. The highest BCUT2D eigenvalue weighted by atomic mass is 35.5. The molecular formula is C17H15ClN8O3. The minimum atomic E-state index is -0.548. The van der Waals surface area contributed by atoms with Crippen molar-refractivity contribution in [3.63, 3.8) is 0 Å². The van der Waals surface area contributed by atoms with Crippen molar-refractivity contribution in [1.29, 1.82) is 0 Å². The number of carbonyl (C=O) groups excluding carboxylic acids is 1. The molecule has 0 spiro atoms. The predicted octanol–water partition coefficient (Wildman–Crippen LogP) is 1.58. The maximum absolute atomic E-state index is 12.7. The van der Waals surface area contributed by atoms with Crippen LogP contribution in [0.15, 0.2) is 43.0 Å². The van der Waals surface area contributed by atoms with E-state index in [0.29, 0.717) is 37.8 Å². The van der Waals surface area contributed by atoms with Gasteiger partial charge >= 0.3 is 0 Å². The Balaban J connectivity index is 1.40. The highest BCUT2D eigenvalue weighted by molar-refractivity contribution is 6.34. The number of nitro groups is 1. The first-order valence-electron chi connectivity index (χ1n) is 8.70. The van der Waals surface area contributed by atoms with Gasteiger partial charge in [-0.25, -0.2) is 9.67 Å². The molecule has 1 aliphatic heterocycles. The summed E-state index contributed by atoms with van der Waals surface area (Å²) in [5, 5.41) is 23.3. The van der Waals surface area contributed by atoms with Gasteiger partial charge in [-0.05, 0) is 18.2 Å². The van der Waals surface area contributed by atoms with Gasteiger partial charge < -0.3 is 9.80 Å². The molecular weight excluding hydrogens is 400 g/mol. The van der Waals surface area contributed by atoms with E-state index in [0.717, 1.165) is 0 Å². The number of carbonyl (C=O) groups is 1. The molecule has 148 valence electrons. The van der Waals surface area contributed by atoms with Crippen molar-refractivity contribution in [2.45, 2.75) is 0 Å². The lowest BCUT2D eigenvalue weighted by Gasteiger charge is -2.35. The summed E-state index contributed by atoms with van der Waals surface area (Å²) in [7, 11) is 0. The van der Waals surface area contributed by atoms with Crippen molar-refractivity contribution in [1.82, 2.24) is 29.9 Å². The molecule has 12 heteroatoms. The second kappa shape index (κ2) is 7.80. The smallest absolute Gasteiger partial charge is 0.270 e. The largest absolute Gasteiger partial charge is 0.352 e. The lowest BCUT2D eigenvalue weighted by Crippen LogP contribution is -2.49. The third kappa shape index (κ3) is 3.85. The van der Waals surface area contributed by atoms with Crippen LogP contribution in [0.3, 0.4) is 0 Å². The van der Waals surface area contributed by atoms with Gasteiger partial charge in [0.15, 0.2) is 11.6 Å². The Morgan fingerprint density at radius 3 is 2.38 bits per heavy atom. The Bertz CT molecular complexity index is 1030. The molecule has 0 N–H and O–H groups in total. The van der Waals surface area contributed by atoms with Gasteiger partial charge in [0, 0.05) is 38.3 Å². The second-order valence-electron chi connectivity index (χ2n) is 6.29. The molecule has 1 amide bonds. The monoisotopic (exact) mass is 414 g/mol. The minimum absolute atomic E-state index is 0.0706. The zero-order valence-corrected chi connectivity index (χ0v) is 15.8. The summed E-state index contributed by atoms with van der Waals surface area (Å²) in [6, 6.07) is 7.50. The maximum atomic E-state index is 12.7. The van der Waals surface area contributed by atoms with Crippen molar-refractivity contribution < 1.29 is 9.72 Å². The van der Waals surface area contributed by atoms with Crippen molar-refractivity contribution >= 4 is 29.0 Å². The van der Waals surface area contributed by atoms with E-state index in [1.165, 1.54) is 35.5 Å². The summed E-state index contributed by atoms with van der Waals surface area (Å²) in [5.74, 6) is 1.01. The van der Waals surface area contributed by atoms with Gasteiger partial charge in [-0.3, -0.25) is 14.9 Å². The van der Waals surface area contributed by atoms with E-state index < -0.39 is 4.92 Å². The maximum Gasteiger partial charge on any atom is 0.270 e. The fourth-order valence-corrected chi connectivity index (χ4v) is 3.29. The van der Waals surface area contributed by atoms with E-state index in [1.807, 2.05) is 11.0 Å². The number of aromatic nitrogens is 5. The van der Waals surface area contributed by atoms with Crippen LogP contribution in [0.1, 0.15) is 10.4 Å². The van der Waals surface area contributed by atoms with Crippen LogP contribution >= 0.6 is 11.6 Å². The highest BCUT2D eigenvalue weighted by Gasteiger charge is 2.25. The summed E-state index contributed by atoms with van der Waals surface area (Å²) in [4.78, 5) is 30.6. The molecule has 11 nitrogen and oxygen atoms in total. The van der Waals surface area contributed by atoms with Gasteiger partial charge in [0.1, 0.15) is 12.7 Å². The lowest BCUT2D eigenvalue weighted by molar-refractivity contribution is -0.384. The van der Waals surface area contributed by atoms with E-state index >= 15 is 0 Å². The molecule has 0 aliphatic carbocycles. The van der Waals surface area contributed by atoms with Gasteiger partial charge in [-0.15, -0.1) is 10.2 Å². The van der Waals surface area contributed by atoms with Crippen molar-refractivity contribution in [2.24, 2.45) is 0 Å². The SMILES string of the molecule is O=C(c1ccc([N+](=O)[O-])cc1Cl)N1CCN(c2ccc(-n3cncn3)nn2)CC1. The molecule has 0 radical (unpaired) electrons. The first kappa shape index (κ1) is 18.7. The summed E-state index contributed by atoms with van der Waals surface area (Å²) in [5.41, 5.74) is 0.104. The third-order valence-electron chi connectivity index (χ3n) is 4.57. The van der Waals surface area contributed by atoms with Crippen LogP contribution in [0, 0.1) is 10.1 Å². The molecule has 1 saturated heterocycles. The van der Waals surface area contributed by atoms with Crippen molar-refractivity contribution in [3.05, 3.63) is 63.7 Å². The molecule has 0 atom stereocenters. The summed E-state index contributed by atoms with van der Waals surface area (Å²) >= 11 is 6.08. The van der Waals surface area contributed by atoms with E-state index in [4.69, 9.17) is 11.6 Å². The van der Waals surface area contributed by atoms with Gasteiger partial charge in [0.2, 0.25) is 0 Å². The molecule has 0 unspecified atom stereocenters. The quantitative estimate of drug-likeness (QED) is 0.465. The molecule has 29 heavy (non-hydrogen) atoms. The summed E-state index contributed by atoms with van der Waals surface area (Å²) < 4.78 is 1.52. The van der Waals surface area contributed by atoms with E-state index in [1.54, 1.807) is 11.0 Å². The Morgan fingerprint density at radius 2 is 1.79 bits per heavy atom. The van der Waals surface area contributed by atoms with E-state index in [9.17, 15) is 14.9 Å². The van der Waals surface area contributed by atoms with E-state index in [-0.39, 0.29) is 22.2 Å². The van der Waals surface area contributed by atoms with Gasteiger partial charge in [-0.1, -0.05) is 11.6 Å². The fraction of sp³-hybridized carbons (Fsp3) is 0.235. The third-order valence-corrected chi connectivity index (χ3v) is 4.89. The first-order chi connectivity index (χ1) is 14.0. The molecule has 0 saturated carbocycles. The zero-order chi connectivity index (χ0) is 20.4. The molecule has 1 aliphatic rings. The van der Waals surface area contributed by atoms with Crippen LogP contribution in [0.25, 0.3) is 5.82 Å². The number of nitro benzene ring substituents is 1. The van der Waals surface area contributed by atoms with Gasteiger partial charge in [0.05, 0.1) is 15.5 Å². The number of non-ortho nitro benzene ring substituents is 1. The number of benzene rings is 1. The predicted molar refractivity (Wildman–Crippen MR) is 103 cm³/mol. The molecule has 3 heterocycles.